The zero-order chi connectivity index (χ0) is 46.3. The van der Waals surface area contributed by atoms with Crippen molar-refractivity contribution in [3.8, 4) is 22.6 Å². The fourth-order valence-electron chi connectivity index (χ4n) is 7.43. The minimum Gasteiger partial charge on any atom is -0.507 e. The Morgan fingerprint density at radius 2 is 1.59 bits per heavy atom. The van der Waals surface area contributed by atoms with Crippen molar-refractivity contribution >= 4 is 35.3 Å². The third-order valence-electron chi connectivity index (χ3n) is 11.2. The Bertz CT molecular complexity index is 1810. The highest BCUT2D eigenvalue weighted by Crippen LogP contribution is 2.39. The number of carbonyl (C=O) groups is 6. The second kappa shape index (κ2) is 27.9. The number of aliphatic hydroxyl groups excluding tert-OH is 1. The van der Waals surface area contributed by atoms with Crippen LogP contribution in [0.5, 0.6) is 11.5 Å². The van der Waals surface area contributed by atoms with E-state index in [-0.39, 0.29) is 49.6 Å². The molecule has 17 heteroatoms. The topological polar surface area (TPSA) is 268 Å². The molecule has 0 fully saturated rings. The van der Waals surface area contributed by atoms with Gasteiger partial charge in [0.15, 0.2) is 5.78 Å². The van der Waals surface area contributed by atoms with Crippen molar-refractivity contribution in [1.82, 2.24) is 31.5 Å². The summed E-state index contributed by atoms with van der Waals surface area (Å²) in [7, 11) is 1.44. The number of Topliss-reactive ketones (excluding diaryl/α,β-unsaturated/α-hetero) is 1. The number of benzene rings is 2. The maximum Gasteiger partial charge on any atom is 0.248 e. The quantitative estimate of drug-likeness (QED) is 0.0617. The number of hydrogen-bond donors (Lipinski definition) is 9. The minimum absolute atomic E-state index is 0.0866. The van der Waals surface area contributed by atoms with Gasteiger partial charge in [0.1, 0.15) is 48.9 Å². The number of unbranched alkanes of at least 4 members (excludes halogenated alkanes) is 8. The molecule has 0 radical (unpaired) electrons. The van der Waals surface area contributed by atoms with Crippen molar-refractivity contribution < 1.29 is 43.7 Å². The van der Waals surface area contributed by atoms with E-state index in [1.54, 1.807) is 30.3 Å². The number of phenols is 1. The number of aromatic hydroxyl groups is 1. The monoisotopic (exact) mass is 881 g/mol. The zero-order valence-corrected chi connectivity index (χ0v) is 37.6. The van der Waals surface area contributed by atoms with Crippen LogP contribution < -0.4 is 42.8 Å². The predicted molar refractivity (Wildman–Crippen MR) is 241 cm³/mol. The van der Waals surface area contributed by atoms with Crippen LogP contribution in [0.25, 0.3) is 11.1 Å². The number of phenolic OH excluding ortho intramolecular Hbond substituents is 1. The molecule has 3 rings (SSSR count). The third-order valence-corrected chi connectivity index (χ3v) is 11.2. The van der Waals surface area contributed by atoms with Crippen LogP contribution >= 0.6 is 0 Å². The molecule has 5 atom stereocenters. The summed E-state index contributed by atoms with van der Waals surface area (Å²) in [4.78, 5) is 82.9. The number of aliphatic hydroxyl groups is 1. The van der Waals surface area contributed by atoms with Crippen LogP contribution in [0.3, 0.4) is 0 Å². The number of likely N-dealkylation sites (N-methyl/N-ethyl adjacent to an activating group) is 1. The van der Waals surface area contributed by atoms with Crippen LogP contribution in [-0.2, 0) is 35.2 Å². The summed E-state index contributed by atoms with van der Waals surface area (Å²) in [6, 6.07) is 3.52. The maximum atomic E-state index is 14.5. The van der Waals surface area contributed by atoms with Gasteiger partial charge in [-0.25, -0.2) is 0 Å². The zero-order valence-electron chi connectivity index (χ0n) is 37.6. The van der Waals surface area contributed by atoms with E-state index in [1.807, 2.05) is 0 Å². The molecule has 0 aromatic heterocycles. The fourth-order valence-corrected chi connectivity index (χ4v) is 7.43. The van der Waals surface area contributed by atoms with Crippen LogP contribution in [-0.4, -0.2) is 121 Å². The van der Waals surface area contributed by atoms with Gasteiger partial charge in [-0.05, 0) is 88.0 Å². The molecular weight excluding hydrogens is 809 g/mol. The van der Waals surface area contributed by atoms with Gasteiger partial charge in [0, 0.05) is 44.1 Å². The van der Waals surface area contributed by atoms with Crippen molar-refractivity contribution in [1.29, 1.82) is 0 Å². The van der Waals surface area contributed by atoms with Gasteiger partial charge in [-0.3, -0.25) is 28.8 Å². The molecule has 1 heterocycles. The van der Waals surface area contributed by atoms with Gasteiger partial charge < -0.3 is 57.9 Å². The lowest BCUT2D eigenvalue weighted by molar-refractivity contribution is -0.143. The van der Waals surface area contributed by atoms with E-state index in [9.17, 15) is 39.0 Å². The van der Waals surface area contributed by atoms with Gasteiger partial charge in [-0.1, -0.05) is 64.0 Å². The third kappa shape index (κ3) is 16.8. The summed E-state index contributed by atoms with van der Waals surface area (Å²) in [5, 5.41) is 34.7. The summed E-state index contributed by atoms with van der Waals surface area (Å²) >= 11 is 0. The molecule has 0 saturated carbocycles. The van der Waals surface area contributed by atoms with Crippen LogP contribution in [0.1, 0.15) is 115 Å². The summed E-state index contributed by atoms with van der Waals surface area (Å²) in [6.07, 6.45) is 11.1. The SMILES string of the molecule is CCCCCCCCCCNCCC(=O)NC(CCCCN)C(=O)N(C)C1C(=O)NC(C)C(=O)NC(C(=O)NC(C)C(=O)CO)Cc2ccc(O)c(c2)-c2cc1ccc2OCCN. The number of ketones is 1. The minimum atomic E-state index is -1.37. The summed E-state index contributed by atoms with van der Waals surface area (Å²) in [6.45, 7) is 6.14. The van der Waals surface area contributed by atoms with Crippen LogP contribution in [0.2, 0.25) is 0 Å². The number of rotatable bonds is 26. The van der Waals surface area contributed by atoms with Gasteiger partial charge >= 0.3 is 0 Å². The van der Waals surface area contributed by atoms with E-state index >= 15 is 0 Å². The average molecular weight is 881 g/mol. The highest BCUT2D eigenvalue weighted by Gasteiger charge is 2.36. The summed E-state index contributed by atoms with van der Waals surface area (Å²) < 4.78 is 5.99. The Balaban J connectivity index is 1.96. The lowest BCUT2D eigenvalue weighted by atomic mass is 9.93. The lowest BCUT2D eigenvalue weighted by Gasteiger charge is -2.32. The standard InChI is InChI=1S/C46H72N8O9/c1-5-6-7-8-9-10-11-14-23-49-24-20-41(58)52-36(15-12-13-21-47)46(62)54(4)42-33-17-19-40(63-25-22-48)35(28-33)34-26-32(16-18-38(34)56)27-37(44(60)50-30(2)39(57)29-55)53-43(59)31(3)51-45(42)61/h16-19,26,28,30-31,36-37,42,49,55-56H,5-15,20-25,27,29,47-48H2,1-4H3,(H,50,60)(H,51,61)(H,52,58)(H,53,59). The number of nitrogens with one attached hydrogen (secondary N) is 5. The Kier molecular flexibility index (Phi) is 23.1. The van der Waals surface area contributed by atoms with E-state index in [4.69, 9.17) is 16.2 Å². The number of ether oxygens (including phenoxy) is 1. The molecule has 1 aliphatic rings. The number of carbonyl (C=O) groups excluding carboxylic acids is 6. The Morgan fingerprint density at radius 3 is 2.27 bits per heavy atom. The molecule has 350 valence electrons. The highest BCUT2D eigenvalue weighted by atomic mass is 16.5. The van der Waals surface area contributed by atoms with Gasteiger partial charge in [0.05, 0.1) is 6.04 Å². The molecule has 2 aromatic rings. The first-order valence-corrected chi connectivity index (χ1v) is 22.6. The highest BCUT2D eigenvalue weighted by molar-refractivity contribution is 5.97. The Labute approximate surface area is 372 Å². The van der Waals surface area contributed by atoms with Crippen molar-refractivity contribution in [3.05, 3.63) is 47.5 Å². The number of amides is 5. The largest absolute Gasteiger partial charge is 0.507 e. The second-order valence-electron chi connectivity index (χ2n) is 16.3. The van der Waals surface area contributed by atoms with Crippen LogP contribution in [0.15, 0.2) is 36.4 Å². The summed E-state index contributed by atoms with van der Waals surface area (Å²) in [5.41, 5.74) is 13.0. The van der Waals surface area contributed by atoms with E-state index < -0.39 is 66.2 Å². The average Bonchev–Trinajstić information content (AvgIpc) is 3.26. The number of nitrogens with two attached hydrogens (primary N) is 2. The second-order valence-corrected chi connectivity index (χ2v) is 16.3. The molecule has 17 nitrogen and oxygen atoms in total. The van der Waals surface area contributed by atoms with E-state index in [0.29, 0.717) is 48.4 Å². The number of fused-ring (bicyclic) bond motifs is 5. The Hall–Kier alpha value is -5.10. The number of hydrogen-bond acceptors (Lipinski definition) is 12. The van der Waals surface area contributed by atoms with E-state index in [2.05, 4.69) is 33.5 Å². The molecule has 5 amide bonds. The molecule has 4 bridgehead atoms. The summed E-state index contributed by atoms with van der Waals surface area (Å²) in [5.74, 6) is -3.57. The van der Waals surface area contributed by atoms with Crippen molar-refractivity contribution in [2.24, 2.45) is 11.5 Å². The molecule has 0 saturated heterocycles. The van der Waals surface area contributed by atoms with Crippen molar-refractivity contribution in [2.45, 2.75) is 134 Å². The van der Waals surface area contributed by atoms with E-state index in [0.717, 1.165) is 19.4 Å². The molecule has 63 heavy (non-hydrogen) atoms. The molecule has 5 unspecified atom stereocenters. The van der Waals surface area contributed by atoms with Gasteiger partial charge in [0.2, 0.25) is 29.5 Å². The molecule has 2 aromatic carbocycles. The van der Waals surface area contributed by atoms with E-state index in [1.165, 1.54) is 70.4 Å². The molecule has 11 N–H and O–H groups in total. The lowest BCUT2D eigenvalue weighted by Crippen LogP contribution is -2.57. The fraction of sp³-hybridized carbons (Fsp3) is 0.609. The Morgan fingerprint density at radius 1 is 0.873 bits per heavy atom. The first kappa shape index (κ1) is 52.2. The van der Waals surface area contributed by atoms with Crippen LogP contribution in [0, 0.1) is 0 Å². The smallest absolute Gasteiger partial charge is 0.248 e. The predicted octanol–water partition coefficient (Wildman–Crippen LogP) is 2.24. The van der Waals surface area contributed by atoms with Gasteiger partial charge in [-0.2, -0.15) is 0 Å². The molecule has 1 aliphatic heterocycles. The number of nitrogens with zero attached hydrogens (tertiary/aromatic N) is 1. The maximum absolute atomic E-state index is 14.5. The van der Waals surface area contributed by atoms with Gasteiger partial charge in [0.25, 0.3) is 0 Å². The molecule has 0 aliphatic carbocycles. The van der Waals surface area contributed by atoms with Crippen LogP contribution in [0.4, 0.5) is 0 Å². The first-order chi connectivity index (χ1) is 30.3. The first-order valence-electron chi connectivity index (χ1n) is 22.6. The van der Waals surface area contributed by atoms with Crippen molar-refractivity contribution in [2.75, 3.05) is 46.4 Å². The van der Waals surface area contributed by atoms with Crippen molar-refractivity contribution in [3.63, 3.8) is 0 Å². The van der Waals surface area contributed by atoms with Gasteiger partial charge in [-0.15, -0.1) is 0 Å². The molecule has 0 spiro atoms. The normalized spacial score (nSPS) is 17.3. The molecular formula is C46H72N8O9.